The summed E-state index contributed by atoms with van der Waals surface area (Å²) in [4.78, 5) is 9.70. The van der Waals surface area contributed by atoms with E-state index in [0.717, 1.165) is 16.5 Å². The summed E-state index contributed by atoms with van der Waals surface area (Å²) < 4.78 is 5.73. The molecule has 162 valence electrons. The van der Waals surface area contributed by atoms with Crippen molar-refractivity contribution < 1.29 is 9.57 Å². The molecule has 1 fully saturated rings. The third kappa shape index (κ3) is 5.31. The number of benzene rings is 1. The standard InChI is InChI=1S/C21H31N7O2/c1-21(2,3)16-10-14(13-5-6-13)9-15-17(22)11-18(26-19(15)16)20(27-24-4)29-12-25-7-8-30-28-23/h9-11,13,25,28H,4-8,12,23H2,1-3H3,(H2,22,26)/b27-20-. The number of hydrogen-bond acceptors (Lipinski definition) is 9. The highest BCUT2D eigenvalue weighted by Gasteiger charge is 2.28. The van der Waals surface area contributed by atoms with Gasteiger partial charge in [0, 0.05) is 24.3 Å². The Bertz CT molecular complexity index is 933. The summed E-state index contributed by atoms with van der Waals surface area (Å²) in [5, 5.41) is 11.6. The van der Waals surface area contributed by atoms with E-state index in [1.165, 1.54) is 18.4 Å². The molecule has 6 N–H and O–H groups in total. The van der Waals surface area contributed by atoms with Crippen molar-refractivity contribution in [2.45, 2.75) is 44.9 Å². The normalized spacial score (nSPS) is 14.9. The molecule has 0 unspecified atom stereocenters. The van der Waals surface area contributed by atoms with E-state index >= 15 is 0 Å². The van der Waals surface area contributed by atoms with Crippen molar-refractivity contribution in [3.8, 4) is 0 Å². The van der Waals surface area contributed by atoms with E-state index < -0.39 is 0 Å². The molecule has 1 aliphatic carbocycles. The van der Waals surface area contributed by atoms with Gasteiger partial charge in [0.05, 0.1) is 12.1 Å². The van der Waals surface area contributed by atoms with Gasteiger partial charge in [0.1, 0.15) is 12.4 Å². The molecule has 0 spiro atoms. The van der Waals surface area contributed by atoms with Crippen LogP contribution in [0, 0.1) is 0 Å². The lowest BCUT2D eigenvalue weighted by molar-refractivity contribution is 0.0408. The summed E-state index contributed by atoms with van der Waals surface area (Å²) in [6.45, 7) is 11.1. The first-order valence-corrected chi connectivity index (χ1v) is 10.0. The van der Waals surface area contributed by atoms with Gasteiger partial charge in [-0.3, -0.25) is 10.2 Å². The van der Waals surface area contributed by atoms with Gasteiger partial charge in [0.25, 0.3) is 5.90 Å². The van der Waals surface area contributed by atoms with E-state index in [2.05, 4.69) is 60.7 Å². The fourth-order valence-electron chi connectivity index (χ4n) is 3.30. The van der Waals surface area contributed by atoms with Gasteiger partial charge in [-0.25, -0.2) is 10.8 Å². The molecular weight excluding hydrogens is 382 g/mol. The second kappa shape index (κ2) is 9.48. The van der Waals surface area contributed by atoms with E-state index in [1.807, 2.05) is 0 Å². The van der Waals surface area contributed by atoms with Crippen LogP contribution in [-0.2, 0) is 15.0 Å². The lowest BCUT2D eigenvalue weighted by Crippen LogP contribution is -2.30. The quantitative estimate of drug-likeness (QED) is 0.124. The van der Waals surface area contributed by atoms with Crippen LogP contribution in [0.5, 0.6) is 0 Å². The van der Waals surface area contributed by atoms with Crippen molar-refractivity contribution in [3.63, 3.8) is 0 Å². The summed E-state index contributed by atoms with van der Waals surface area (Å²) in [5.41, 5.74) is 13.0. The lowest BCUT2D eigenvalue weighted by Gasteiger charge is -2.23. The Morgan fingerprint density at radius 1 is 1.30 bits per heavy atom. The maximum Gasteiger partial charge on any atom is 0.260 e. The molecule has 3 rings (SSSR count). The summed E-state index contributed by atoms with van der Waals surface area (Å²) in [5.74, 6) is 5.92. The molecule has 1 saturated carbocycles. The summed E-state index contributed by atoms with van der Waals surface area (Å²) in [7, 11) is 0. The Morgan fingerprint density at radius 3 is 2.70 bits per heavy atom. The first-order valence-electron chi connectivity index (χ1n) is 10.0. The number of nitrogens with one attached hydrogen (secondary N) is 2. The molecule has 0 saturated heterocycles. The molecule has 9 heteroatoms. The maximum atomic E-state index is 6.45. The molecule has 1 aliphatic rings. The molecule has 0 atom stereocenters. The third-order valence-corrected chi connectivity index (χ3v) is 4.98. The molecular formula is C21H31N7O2. The third-order valence-electron chi connectivity index (χ3n) is 4.98. The molecule has 30 heavy (non-hydrogen) atoms. The van der Waals surface area contributed by atoms with Crippen molar-refractivity contribution in [2.75, 3.05) is 25.6 Å². The van der Waals surface area contributed by atoms with Crippen LogP contribution in [-0.4, -0.2) is 37.5 Å². The largest absolute Gasteiger partial charge is 0.459 e. The van der Waals surface area contributed by atoms with Crippen molar-refractivity contribution in [1.82, 2.24) is 15.9 Å². The zero-order valence-electron chi connectivity index (χ0n) is 17.9. The van der Waals surface area contributed by atoms with Gasteiger partial charge in [0.15, 0.2) is 0 Å². The average molecular weight is 414 g/mol. The van der Waals surface area contributed by atoms with Gasteiger partial charge in [-0.15, -0.1) is 10.7 Å². The summed E-state index contributed by atoms with van der Waals surface area (Å²) in [6, 6.07) is 6.22. The van der Waals surface area contributed by atoms with Crippen LogP contribution >= 0.6 is 0 Å². The Balaban J connectivity index is 1.94. The Kier molecular flexibility index (Phi) is 6.99. The van der Waals surface area contributed by atoms with Crippen LogP contribution < -0.4 is 22.5 Å². The first kappa shape index (κ1) is 22.1. The SMILES string of the molecule is C=N/N=C(\OCNCCONN)c1cc(N)c2cc(C3CC3)cc(C(C)(C)C)c2n1. The Morgan fingerprint density at radius 2 is 2.07 bits per heavy atom. The molecule has 0 amide bonds. The zero-order chi connectivity index (χ0) is 21.7. The van der Waals surface area contributed by atoms with E-state index in [0.29, 0.717) is 30.5 Å². The minimum Gasteiger partial charge on any atom is -0.459 e. The predicted octanol–water partition coefficient (Wildman–Crippen LogP) is 2.31. The highest BCUT2D eigenvalue weighted by Crippen LogP contribution is 2.44. The number of nitrogen functional groups attached to an aromatic ring is 1. The predicted molar refractivity (Wildman–Crippen MR) is 120 cm³/mol. The topological polar surface area (TPSA) is 132 Å². The highest BCUT2D eigenvalue weighted by atomic mass is 16.7. The van der Waals surface area contributed by atoms with Crippen LogP contribution in [0.15, 0.2) is 28.4 Å². The molecule has 0 aliphatic heterocycles. The van der Waals surface area contributed by atoms with Crippen molar-refractivity contribution in [2.24, 2.45) is 16.0 Å². The molecule has 0 radical (unpaired) electrons. The minimum atomic E-state index is -0.0886. The number of nitrogens with two attached hydrogens (primary N) is 2. The van der Waals surface area contributed by atoms with Crippen molar-refractivity contribution in [3.05, 3.63) is 35.0 Å². The fourth-order valence-corrected chi connectivity index (χ4v) is 3.30. The summed E-state index contributed by atoms with van der Waals surface area (Å²) in [6.07, 6.45) is 2.46. The minimum absolute atomic E-state index is 0.0886. The molecule has 1 heterocycles. The van der Waals surface area contributed by atoms with Crippen LogP contribution in [0.1, 0.15) is 56.4 Å². The zero-order valence-corrected chi connectivity index (χ0v) is 17.9. The number of rotatable bonds is 9. The number of pyridine rings is 1. The number of fused-ring (bicyclic) bond motifs is 1. The van der Waals surface area contributed by atoms with Gasteiger partial charge in [0.2, 0.25) is 0 Å². The molecule has 1 aromatic heterocycles. The maximum absolute atomic E-state index is 6.45. The Hall–Kier alpha value is -2.59. The van der Waals surface area contributed by atoms with Gasteiger partial charge in [-0.2, -0.15) is 5.10 Å². The molecule has 0 bridgehead atoms. The van der Waals surface area contributed by atoms with Crippen LogP contribution in [0.3, 0.4) is 0 Å². The van der Waals surface area contributed by atoms with Crippen LogP contribution in [0.4, 0.5) is 5.69 Å². The van der Waals surface area contributed by atoms with E-state index in [9.17, 15) is 0 Å². The molecule has 1 aromatic carbocycles. The average Bonchev–Trinajstić information content (AvgIpc) is 3.53. The molecule has 2 aromatic rings. The van der Waals surface area contributed by atoms with Gasteiger partial charge in [-0.1, -0.05) is 26.8 Å². The number of anilines is 1. The number of hydrazine groups is 1. The number of ether oxygens (including phenoxy) is 1. The van der Waals surface area contributed by atoms with Crippen LogP contribution in [0.25, 0.3) is 10.9 Å². The van der Waals surface area contributed by atoms with Gasteiger partial charge < -0.3 is 10.5 Å². The molecule has 9 nitrogen and oxygen atoms in total. The fraction of sp³-hybridized carbons (Fsp3) is 0.476. The smallest absolute Gasteiger partial charge is 0.260 e. The van der Waals surface area contributed by atoms with Gasteiger partial charge in [-0.05, 0) is 47.4 Å². The van der Waals surface area contributed by atoms with Crippen molar-refractivity contribution >= 4 is 29.2 Å². The number of aromatic nitrogens is 1. The lowest BCUT2D eigenvalue weighted by atomic mass is 9.83. The Labute approximate surface area is 176 Å². The highest BCUT2D eigenvalue weighted by molar-refractivity contribution is 6.00. The number of nitrogens with zero attached hydrogens (tertiary/aromatic N) is 3. The second-order valence-electron chi connectivity index (χ2n) is 8.39. The van der Waals surface area contributed by atoms with E-state index in [4.69, 9.17) is 26.1 Å². The summed E-state index contributed by atoms with van der Waals surface area (Å²) >= 11 is 0. The first-order chi connectivity index (χ1) is 14.3. The van der Waals surface area contributed by atoms with Gasteiger partial charge >= 0.3 is 0 Å². The van der Waals surface area contributed by atoms with Crippen molar-refractivity contribution in [1.29, 1.82) is 0 Å². The van der Waals surface area contributed by atoms with E-state index in [-0.39, 0.29) is 18.0 Å². The monoisotopic (exact) mass is 413 g/mol. The van der Waals surface area contributed by atoms with E-state index in [1.54, 1.807) is 6.07 Å². The number of hydrogen-bond donors (Lipinski definition) is 4. The van der Waals surface area contributed by atoms with Crippen LogP contribution in [0.2, 0.25) is 0 Å². The second-order valence-corrected chi connectivity index (χ2v) is 8.39.